The second kappa shape index (κ2) is 9.27. The van der Waals surface area contributed by atoms with Crippen LogP contribution in [0.5, 0.6) is 0 Å². The third kappa shape index (κ3) is 5.48. The molecule has 1 aliphatic rings. The number of amidine groups is 1. The van der Waals surface area contributed by atoms with Crippen molar-refractivity contribution in [2.75, 3.05) is 11.9 Å². The van der Waals surface area contributed by atoms with Gasteiger partial charge in [0.25, 0.3) is 0 Å². The van der Waals surface area contributed by atoms with E-state index < -0.39 is 5.25 Å². The average molecular weight is 410 g/mol. The van der Waals surface area contributed by atoms with E-state index in [2.05, 4.69) is 24.2 Å². The lowest BCUT2D eigenvalue weighted by Gasteiger charge is -2.18. The lowest BCUT2D eigenvalue weighted by atomic mass is 10.1. The summed E-state index contributed by atoms with van der Waals surface area (Å²) in [4.78, 5) is 32.0. The highest BCUT2D eigenvalue weighted by molar-refractivity contribution is 8.15. The van der Waals surface area contributed by atoms with Crippen molar-refractivity contribution in [3.63, 3.8) is 0 Å². The first kappa shape index (κ1) is 21.1. The topological polar surface area (TPSA) is 61.8 Å². The van der Waals surface area contributed by atoms with Crippen molar-refractivity contribution in [2.24, 2.45) is 10.9 Å². The predicted octanol–water partition coefficient (Wildman–Crippen LogP) is 4.92. The molecule has 1 atom stereocenters. The fraction of sp³-hybridized carbons (Fsp3) is 0.348. The Labute approximate surface area is 176 Å². The number of hydrogen-bond donors (Lipinski definition) is 1. The van der Waals surface area contributed by atoms with Crippen LogP contribution in [0.15, 0.2) is 53.5 Å². The summed E-state index contributed by atoms with van der Waals surface area (Å²) in [6.07, 6.45) is 0.124. The maximum Gasteiger partial charge on any atom is 0.242 e. The molecular formula is C23H27N3O2S. The van der Waals surface area contributed by atoms with Crippen molar-refractivity contribution >= 4 is 40.1 Å². The molecule has 1 fully saturated rings. The van der Waals surface area contributed by atoms with Crippen LogP contribution in [0.3, 0.4) is 0 Å². The number of amides is 2. The maximum atomic E-state index is 13.0. The van der Waals surface area contributed by atoms with Gasteiger partial charge >= 0.3 is 0 Å². The number of thioether (sulfide) groups is 1. The molecule has 6 heteroatoms. The lowest BCUT2D eigenvalue weighted by Crippen LogP contribution is -2.36. The molecule has 152 valence electrons. The third-order valence-electron chi connectivity index (χ3n) is 4.58. The van der Waals surface area contributed by atoms with Gasteiger partial charge in [0.15, 0.2) is 5.17 Å². The molecule has 0 unspecified atom stereocenters. The molecule has 3 rings (SSSR count). The first-order valence-electron chi connectivity index (χ1n) is 9.82. The molecule has 1 saturated heterocycles. The van der Waals surface area contributed by atoms with E-state index in [0.717, 1.165) is 22.5 Å². The zero-order valence-corrected chi connectivity index (χ0v) is 18.1. The number of aryl methyl sites for hydroxylation is 2. The zero-order valence-electron chi connectivity index (χ0n) is 17.3. The Kier molecular flexibility index (Phi) is 6.75. The molecule has 0 aliphatic carbocycles. The van der Waals surface area contributed by atoms with Crippen molar-refractivity contribution in [3.8, 4) is 0 Å². The van der Waals surface area contributed by atoms with Gasteiger partial charge in [-0.3, -0.25) is 14.5 Å². The van der Waals surface area contributed by atoms with Gasteiger partial charge in [-0.2, -0.15) is 0 Å². The number of benzene rings is 2. The largest absolute Gasteiger partial charge is 0.326 e. The lowest BCUT2D eigenvalue weighted by molar-refractivity contribution is -0.128. The highest BCUT2D eigenvalue weighted by Gasteiger charge is 2.39. The monoisotopic (exact) mass is 409 g/mol. The summed E-state index contributed by atoms with van der Waals surface area (Å²) >= 11 is 1.37. The second-order valence-electron chi connectivity index (χ2n) is 7.75. The van der Waals surface area contributed by atoms with E-state index in [1.54, 1.807) is 4.90 Å². The average Bonchev–Trinajstić information content (AvgIpc) is 2.93. The van der Waals surface area contributed by atoms with Crippen LogP contribution in [-0.4, -0.2) is 33.7 Å². The van der Waals surface area contributed by atoms with Gasteiger partial charge in [0, 0.05) is 18.7 Å². The van der Waals surface area contributed by atoms with E-state index in [0.29, 0.717) is 17.6 Å². The number of carbonyl (C=O) groups excluding carboxylic acids is 2. The molecule has 2 aromatic rings. The van der Waals surface area contributed by atoms with E-state index in [1.165, 1.54) is 11.8 Å². The van der Waals surface area contributed by atoms with Crippen LogP contribution in [0.4, 0.5) is 11.4 Å². The standard InChI is InChI=1S/C23H27N3O2S/c1-15(2)14-26-22(28)20(29-23(26)24-18-8-6-5-7-9-18)13-21(27)25-19-11-10-16(3)12-17(19)4/h5-12,15,20H,13-14H2,1-4H3,(H,25,27)/t20-/m0/s1. The Balaban J connectivity index is 1.74. The molecule has 0 aromatic heterocycles. The van der Waals surface area contributed by atoms with E-state index in [1.807, 2.05) is 62.4 Å². The van der Waals surface area contributed by atoms with Crippen molar-refractivity contribution in [1.29, 1.82) is 0 Å². The number of carbonyl (C=O) groups is 2. The van der Waals surface area contributed by atoms with Crippen molar-refractivity contribution in [3.05, 3.63) is 59.7 Å². The predicted molar refractivity (Wildman–Crippen MR) is 121 cm³/mol. The summed E-state index contributed by atoms with van der Waals surface area (Å²) in [5.74, 6) is 0.103. The van der Waals surface area contributed by atoms with Gasteiger partial charge < -0.3 is 5.32 Å². The fourth-order valence-electron chi connectivity index (χ4n) is 3.19. The number of para-hydroxylation sites is 1. The highest BCUT2D eigenvalue weighted by Crippen LogP contribution is 2.32. The van der Waals surface area contributed by atoms with Crippen LogP contribution in [0.2, 0.25) is 0 Å². The zero-order chi connectivity index (χ0) is 21.0. The minimum absolute atomic E-state index is 0.0471. The molecule has 2 aromatic carbocycles. The van der Waals surface area contributed by atoms with Crippen molar-refractivity contribution in [1.82, 2.24) is 4.90 Å². The molecule has 29 heavy (non-hydrogen) atoms. The normalized spacial score (nSPS) is 18.0. The van der Waals surface area contributed by atoms with Crippen LogP contribution in [0.25, 0.3) is 0 Å². The van der Waals surface area contributed by atoms with Gasteiger partial charge in [-0.25, -0.2) is 4.99 Å². The Hall–Kier alpha value is -2.60. The Morgan fingerprint density at radius 1 is 1.17 bits per heavy atom. The second-order valence-corrected chi connectivity index (χ2v) is 8.92. The van der Waals surface area contributed by atoms with Crippen molar-refractivity contribution in [2.45, 2.75) is 39.4 Å². The molecule has 1 aliphatic heterocycles. The molecule has 1 heterocycles. The molecule has 0 bridgehead atoms. The molecule has 0 radical (unpaired) electrons. The molecule has 5 nitrogen and oxygen atoms in total. The van der Waals surface area contributed by atoms with Gasteiger partial charge in [-0.05, 0) is 43.5 Å². The van der Waals surface area contributed by atoms with Gasteiger partial charge in [-0.15, -0.1) is 0 Å². The van der Waals surface area contributed by atoms with Gasteiger partial charge in [0.1, 0.15) is 5.25 Å². The molecule has 0 spiro atoms. The van der Waals surface area contributed by atoms with E-state index in [9.17, 15) is 9.59 Å². The van der Waals surface area contributed by atoms with Crippen LogP contribution >= 0.6 is 11.8 Å². The summed E-state index contributed by atoms with van der Waals surface area (Å²) < 4.78 is 0. The van der Waals surface area contributed by atoms with E-state index in [-0.39, 0.29) is 18.2 Å². The van der Waals surface area contributed by atoms with Crippen molar-refractivity contribution < 1.29 is 9.59 Å². The smallest absolute Gasteiger partial charge is 0.242 e. The summed E-state index contributed by atoms with van der Waals surface area (Å²) in [5.41, 5.74) is 3.75. The number of nitrogens with one attached hydrogen (secondary N) is 1. The van der Waals surface area contributed by atoms with Crippen LogP contribution < -0.4 is 5.32 Å². The molecule has 2 amide bonds. The van der Waals surface area contributed by atoms with Crippen LogP contribution in [0.1, 0.15) is 31.4 Å². The summed E-state index contributed by atoms with van der Waals surface area (Å²) in [6.45, 7) is 8.71. The molecular weight excluding hydrogens is 382 g/mol. The summed E-state index contributed by atoms with van der Waals surface area (Å²) in [5, 5.41) is 3.15. The fourth-order valence-corrected chi connectivity index (χ4v) is 4.36. The number of anilines is 1. The van der Waals surface area contributed by atoms with Gasteiger partial charge in [0.2, 0.25) is 11.8 Å². The Morgan fingerprint density at radius 2 is 1.90 bits per heavy atom. The first-order chi connectivity index (χ1) is 13.8. The minimum Gasteiger partial charge on any atom is -0.326 e. The molecule has 1 N–H and O–H groups in total. The SMILES string of the molecule is Cc1ccc(NC(=O)C[C@@H]2SC(=Nc3ccccc3)N(CC(C)C)C2=O)c(C)c1. The molecule has 0 saturated carbocycles. The van der Waals surface area contributed by atoms with E-state index in [4.69, 9.17) is 0 Å². The summed E-state index contributed by atoms with van der Waals surface area (Å²) in [6, 6.07) is 15.5. The summed E-state index contributed by atoms with van der Waals surface area (Å²) in [7, 11) is 0. The van der Waals surface area contributed by atoms with Gasteiger partial charge in [-0.1, -0.05) is 61.5 Å². The highest BCUT2D eigenvalue weighted by atomic mass is 32.2. The maximum absolute atomic E-state index is 13.0. The van der Waals surface area contributed by atoms with Crippen LogP contribution in [0, 0.1) is 19.8 Å². The number of aliphatic imine (C=N–C) groups is 1. The first-order valence-corrected chi connectivity index (χ1v) is 10.7. The minimum atomic E-state index is -0.457. The number of nitrogens with zero attached hydrogens (tertiary/aromatic N) is 2. The third-order valence-corrected chi connectivity index (χ3v) is 5.75. The quantitative estimate of drug-likeness (QED) is 0.737. The van der Waals surface area contributed by atoms with E-state index >= 15 is 0 Å². The van der Waals surface area contributed by atoms with Crippen LogP contribution in [-0.2, 0) is 9.59 Å². The number of rotatable bonds is 6. The Morgan fingerprint density at radius 3 is 2.55 bits per heavy atom. The Bertz CT molecular complexity index is 925. The number of hydrogen-bond acceptors (Lipinski definition) is 4. The van der Waals surface area contributed by atoms with Gasteiger partial charge in [0.05, 0.1) is 5.69 Å².